The molecule has 2 heteroatoms. The van der Waals surface area contributed by atoms with E-state index >= 15 is 0 Å². The smallest absolute Gasteiger partial charge is 0.303 e. The maximum atomic E-state index is 10.5. The standard InChI is InChI=1S/C40H76O2/c1-2-3-4-5-6-7-8-9-10-11-12-13-14-15-16-17-18-19-20-21-22-23-24-25-26-27-28-29-30-31-32-33-34-35-36-37-38-39-40(41)42/h8-9,11-12H,2-7,10,13-39H2,1H3,(H,41,42)/b9-8-,12-11-. The highest BCUT2D eigenvalue weighted by atomic mass is 16.4. The third-order valence-electron chi connectivity index (χ3n) is 8.84. The van der Waals surface area contributed by atoms with Crippen LogP contribution in [0, 0.1) is 0 Å². The van der Waals surface area contributed by atoms with Gasteiger partial charge in [-0.3, -0.25) is 4.79 Å². The lowest BCUT2D eigenvalue weighted by molar-refractivity contribution is -0.137. The molecule has 2 nitrogen and oxygen atoms in total. The fourth-order valence-electron chi connectivity index (χ4n) is 5.98. The predicted octanol–water partition coefficient (Wildman–Crippen LogP) is 14.5. The minimum Gasteiger partial charge on any atom is -0.481 e. The van der Waals surface area contributed by atoms with Gasteiger partial charge in [-0.1, -0.05) is 205 Å². The van der Waals surface area contributed by atoms with E-state index in [1.165, 1.54) is 193 Å². The minimum absolute atomic E-state index is 0.345. The van der Waals surface area contributed by atoms with Crippen molar-refractivity contribution in [1.29, 1.82) is 0 Å². The predicted molar refractivity (Wildman–Crippen MR) is 189 cm³/mol. The summed E-state index contributed by atoms with van der Waals surface area (Å²) in [6.07, 6.45) is 54.9. The first kappa shape index (κ1) is 41.0. The van der Waals surface area contributed by atoms with E-state index in [2.05, 4.69) is 31.2 Å². The van der Waals surface area contributed by atoms with Crippen molar-refractivity contribution in [2.24, 2.45) is 0 Å². The molecule has 0 unspecified atom stereocenters. The van der Waals surface area contributed by atoms with Crippen LogP contribution in [0.25, 0.3) is 0 Å². The van der Waals surface area contributed by atoms with Crippen molar-refractivity contribution >= 4 is 5.97 Å². The van der Waals surface area contributed by atoms with Crippen LogP contribution in [0.1, 0.15) is 225 Å². The normalized spacial score (nSPS) is 11.8. The molecule has 42 heavy (non-hydrogen) atoms. The van der Waals surface area contributed by atoms with Gasteiger partial charge in [0.15, 0.2) is 0 Å². The van der Waals surface area contributed by atoms with E-state index in [0.29, 0.717) is 6.42 Å². The molecule has 0 saturated heterocycles. The van der Waals surface area contributed by atoms with Gasteiger partial charge in [-0.2, -0.15) is 0 Å². The number of carboxylic acid groups (broad SMARTS) is 1. The Kier molecular flexibility index (Phi) is 37.0. The summed E-state index contributed by atoms with van der Waals surface area (Å²) in [5.74, 6) is -0.649. The Morgan fingerprint density at radius 2 is 0.643 bits per heavy atom. The summed E-state index contributed by atoms with van der Waals surface area (Å²) in [6, 6.07) is 0. The lowest BCUT2D eigenvalue weighted by Gasteiger charge is -2.04. The first-order valence-corrected chi connectivity index (χ1v) is 19.3. The Morgan fingerprint density at radius 3 is 0.929 bits per heavy atom. The molecule has 0 aliphatic carbocycles. The van der Waals surface area contributed by atoms with Gasteiger partial charge in [0.2, 0.25) is 0 Å². The van der Waals surface area contributed by atoms with Gasteiger partial charge in [0.25, 0.3) is 0 Å². The van der Waals surface area contributed by atoms with Crippen LogP contribution >= 0.6 is 0 Å². The van der Waals surface area contributed by atoms with Crippen molar-refractivity contribution in [3.05, 3.63) is 24.3 Å². The number of rotatable bonds is 36. The molecule has 0 amide bonds. The van der Waals surface area contributed by atoms with Crippen LogP contribution in [0.3, 0.4) is 0 Å². The van der Waals surface area contributed by atoms with Crippen molar-refractivity contribution in [2.75, 3.05) is 0 Å². The van der Waals surface area contributed by atoms with Crippen molar-refractivity contribution in [2.45, 2.75) is 225 Å². The number of carboxylic acids is 1. The van der Waals surface area contributed by atoms with E-state index in [0.717, 1.165) is 19.3 Å². The molecule has 0 aromatic carbocycles. The third-order valence-corrected chi connectivity index (χ3v) is 8.84. The number of hydrogen-bond donors (Lipinski definition) is 1. The van der Waals surface area contributed by atoms with E-state index in [9.17, 15) is 4.79 Å². The Balaban J connectivity index is 3.11. The van der Waals surface area contributed by atoms with Crippen LogP contribution in [0.4, 0.5) is 0 Å². The zero-order valence-electron chi connectivity index (χ0n) is 28.7. The fraction of sp³-hybridized carbons (Fsp3) is 0.875. The van der Waals surface area contributed by atoms with Gasteiger partial charge in [-0.05, 0) is 38.5 Å². The number of unbranched alkanes of at least 4 members (excludes halogenated alkanes) is 30. The van der Waals surface area contributed by atoms with Gasteiger partial charge in [-0.25, -0.2) is 0 Å². The van der Waals surface area contributed by atoms with Gasteiger partial charge >= 0.3 is 5.97 Å². The Hall–Kier alpha value is -1.05. The topological polar surface area (TPSA) is 37.3 Å². The van der Waals surface area contributed by atoms with Crippen LogP contribution < -0.4 is 0 Å². The monoisotopic (exact) mass is 589 g/mol. The Morgan fingerprint density at radius 1 is 0.381 bits per heavy atom. The summed E-state index contributed by atoms with van der Waals surface area (Å²) >= 11 is 0. The molecule has 0 bridgehead atoms. The number of aliphatic carboxylic acids is 1. The van der Waals surface area contributed by atoms with Gasteiger partial charge < -0.3 is 5.11 Å². The SMILES string of the molecule is CCCCCCC/C=C\C/C=C\CCCCCCCCCCCCCCCCCCCCCCCCCCCC(=O)O. The second-order valence-corrected chi connectivity index (χ2v) is 13.2. The zero-order chi connectivity index (χ0) is 30.4. The average molecular weight is 589 g/mol. The van der Waals surface area contributed by atoms with Crippen molar-refractivity contribution in [3.63, 3.8) is 0 Å². The largest absolute Gasteiger partial charge is 0.481 e. The molecule has 0 aromatic heterocycles. The summed E-state index contributed by atoms with van der Waals surface area (Å²) in [5.41, 5.74) is 0. The fourth-order valence-corrected chi connectivity index (χ4v) is 5.98. The maximum Gasteiger partial charge on any atom is 0.303 e. The molecule has 0 radical (unpaired) electrons. The minimum atomic E-state index is -0.649. The van der Waals surface area contributed by atoms with Crippen molar-refractivity contribution in [3.8, 4) is 0 Å². The molecule has 0 aromatic rings. The lowest BCUT2D eigenvalue weighted by atomic mass is 10.0. The molecule has 248 valence electrons. The molecule has 0 aliphatic heterocycles. The molecule has 0 saturated carbocycles. The quantitative estimate of drug-likeness (QED) is 0.0584. The zero-order valence-corrected chi connectivity index (χ0v) is 28.7. The molecule has 0 spiro atoms. The summed E-state index contributed by atoms with van der Waals surface area (Å²) in [6.45, 7) is 2.28. The van der Waals surface area contributed by atoms with E-state index in [-0.39, 0.29) is 0 Å². The van der Waals surface area contributed by atoms with E-state index in [1.54, 1.807) is 0 Å². The molecule has 0 atom stereocenters. The van der Waals surface area contributed by atoms with E-state index < -0.39 is 5.97 Å². The van der Waals surface area contributed by atoms with Gasteiger partial charge in [-0.15, -0.1) is 0 Å². The molecule has 1 N–H and O–H groups in total. The van der Waals surface area contributed by atoms with E-state index in [1.807, 2.05) is 0 Å². The number of carbonyl (C=O) groups is 1. The van der Waals surface area contributed by atoms with Crippen LogP contribution in [0.5, 0.6) is 0 Å². The summed E-state index contributed by atoms with van der Waals surface area (Å²) in [7, 11) is 0. The van der Waals surface area contributed by atoms with Crippen LogP contribution in [0.2, 0.25) is 0 Å². The lowest BCUT2D eigenvalue weighted by Crippen LogP contribution is -1.93. The first-order chi connectivity index (χ1) is 20.8. The first-order valence-electron chi connectivity index (χ1n) is 19.3. The maximum absolute atomic E-state index is 10.5. The molecule has 0 rings (SSSR count). The Bertz CT molecular complexity index is 564. The van der Waals surface area contributed by atoms with Crippen LogP contribution in [-0.2, 0) is 4.79 Å². The highest BCUT2D eigenvalue weighted by Gasteiger charge is 1.98. The Labute approximate surface area is 265 Å². The van der Waals surface area contributed by atoms with Crippen molar-refractivity contribution < 1.29 is 9.90 Å². The van der Waals surface area contributed by atoms with E-state index in [4.69, 9.17) is 5.11 Å². The van der Waals surface area contributed by atoms with Crippen LogP contribution in [0.15, 0.2) is 24.3 Å². The molecule has 0 fully saturated rings. The summed E-state index contributed by atoms with van der Waals surface area (Å²) < 4.78 is 0. The molecular formula is C40H76O2. The summed E-state index contributed by atoms with van der Waals surface area (Å²) in [5, 5.41) is 8.64. The highest BCUT2D eigenvalue weighted by molar-refractivity contribution is 5.66. The van der Waals surface area contributed by atoms with Gasteiger partial charge in [0, 0.05) is 6.42 Å². The van der Waals surface area contributed by atoms with Gasteiger partial charge in [0.1, 0.15) is 0 Å². The third kappa shape index (κ3) is 39.0. The number of hydrogen-bond acceptors (Lipinski definition) is 1. The van der Waals surface area contributed by atoms with Crippen molar-refractivity contribution in [1.82, 2.24) is 0 Å². The number of allylic oxidation sites excluding steroid dienone is 4. The second-order valence-electron chi connectivity index (χ2n) is 13.2. The highest BCUT2D eigenvalue weighted by Crippen LogP contribution is 2.16. The van der Waals surface area contributed by atoms with Gasteiger partial charge in [0.05, 0.1) is 0 Å². The van der Waals surface area contributed by atoms with Crippen LogP contribution in [-0.4, -0.2) is 11.1 Å². The molecular weight excluding hydrogens is 512 g/mol. The second kappa shape index (κ2) is 38.0. The molecule has 0 heterocycles. The average Bonchev–Trinajstić information content (AvgIpc) is 2.98. The molecule has 0 aliphatic rings. The summed E-state index contributed by atoms with van der Waals surface area (Å²) in [4.78, 5) is 10.5.